The molecule has 3 aromatic carbocycles. The predicted octanol–water partition coefficient (Wildman–Crippen LogP) is 6.88. The summed E-state index contributed by atoms with van der Waals surface area (Å²) in [6.45, 7) is 8.53. The average Bonchev–Trinajstić information content (AvgIpc) is 2.98. The van der Waals surface area contributed by atoms with Crippen molar-refractivity contribution >= 4 is 17.3 Å². The standard InChI is InChI=1S/C29H33F3N4O.C2H6.CH5N/c1-3-17-34-26(18-27(37)36-22-12-5-4-6-13-22)20(2)28(23-14-8-10-16-25(23)33)35-19-21-11-7-9-15-24(21)29(30,31)32;2*1-2/h4-16,18,20,28,34-35H,3,17,19,33H2,1-2H3,(H,36,37);1-2H3;2H2,1H3/b26-18+;;. The molecule has 0 aliphatic carbocycles. The lowest BCUT2D eigenvalue weighted by Gasteiger charge is -2.30. The molecule has 0 heterocycles. The summed E-state index contributed by atoms with van der Waals surface area (Å²) in [5, 5.41) is 9.47. The molecule has 0 aliphatic rings. The molecule has 3 aromatic rings. The van der Waals surface area contributed by atoms with E-state index in [4.69, 9.17) is 5.73 Å². The number of alkyl halides is 3. The number of benzene rings is 3. The molecule has 9 heteroatoms. The van der Waals surface area contributed by atoms with Gasteiger partial charge in [-0.3, -0.25) is 4.79 Å². The Morgan fingerprint density at radius 3 is 2.12 bits per heavy atom. The second-order valence-electron chi connectivity index (χ2n) is 8.81. The third kappa shape index (κ3) is 11.3. The van der Waals surface area contributed by atoms with Crippen molar-refractivity contribution < 1.29 is 18.0 Å². The Hall–Kier alpha value is -3.82. The summed E-state index contributed by atoms with van der Waals surface area (Å²) in [5.74, 6) is -0.630. The molecule has 0 aromatic heterocycles. The van der Waals surface area contributed by atoms with Crippen LogP contribution in [-0.2, 0) is 17.5 Å². The minimum atomic E-state index is -4.46. The third-order valence-electron chi connectivity index (χ3n) is 6.06. The van der Waals surface area contributed by atoms with Gasteiger partial charge in [-0.2, -0.15) is 13.2 Å². The van der Waals surface area contributed by atoms with Gasteiger partial charge >= 0.3 is 6.18 Å². The van der Waals surface area contributed by atoms with Gasteiger partial charge in [0.2, 0.25) is 5.91 Å². The topological polar surface area (TPSA) is 105 Å². The number of nitrogens with one attached hydrogen (secondary N) is 3. The number of rotatable bonds is 11. The Morgan fingerprint density at radius 1 is 0.927 bits per heavy atom. The largest absolute Gasteiger partial charge is 0.416 e. The van der Waals surface area contributed by atoms with Gasteiger partial charge in [-0.1, -0.05) is 82.3 Å². The van der Waals surface area contributed by atoms with E-state index in [2.05, 4.69) is 21.7 Å². The van der Waals surface area contributed by atoms with Gasteiger partial charge in [0.05, 0.1) is 5.56 Å². The molecule has 0 saturated heterocycles. The zero-order valence-electron chi connectivity index (χ0n) is 24.6. The van der Waals surface area contributed by atoms with E-state index in [-0.39, 0.29) is 23.9 Å². The molecule has 0 saturated carbocycles. The molecule has 0 spiro atoms. The first-order chi connectivity index (χ1) is 19.7. The normalized spacial score (nSPS) is 12.6. The van der Waals surface area contributed by atoms with Crippen LogP contribution in [0.15, 0.2) is 90.6 Å². The lowest BCUT2D eigenvalue weighted by molar-refractivity contribution is -0.138. The summed E-state index contributed by atoms with van der Waals surface area (Å²) in [4.78, 5) is 12.9. The van der Waals surface area contributed by atoms with Crippen molar-refractivity contribution in [3.8, 4) is 0 Å². The maximum absolute atomic E-state index is 13.6. The van der Waals surface area contributed by atoms with Crippen LogP contribution in [-0.4, -0.2) is 19.5 Å². The van der Waals surface area contributed by atoms with E-state index in [1.165, 1.54) is 25.3 Å². The SMILES string of the molecule is CC.CCCN/C(=C/C(=O)Nc1ccccc1)C(C)C(NCc1ccccc1C(F)(F)F)c1ccccc1N.CN. The fourth-order valence-corrected chi connectivity index (χ4v) is 4.15. The highest BCUT2D eigenvalue weighted by Crippen LogP contribution is 2.34. The van der Waals surface area contributed by atoms with Crippen molar-refractivity contribution in [1.29, 1.82) is 0 Å². The molecule has 41 heavy (non-hydrogen) atoms. The highest BCUT2D eigenvalue weighted by Gasteiger charge is 2.33. The van der Waals surface area contributed by atoms with Crippen LogP contribution in [0.5, 0.6) is 0 Å². The van der Waals surface area contributed by atoms with Crippen LogP contribution in [0.4, 0.5) is 24.5 Å². The molecule has 0 aliphatic heterocycles. The number of nitrogen functional groups attached to an aromatic ring is 1. The number of nitrogens with two attached hydrogens (primary N) is 2. The first-order valence-electron chi connectivity index (χ1n) is 13.8. The van der Waals surface area contributed by atoms with Crippen molar-refractivity contribution in [3.05, 3.63) is 107 Å². The fraction of sp³-hybridized carbons (Fsp3) is 0.344. The first kappa shape index (κ1) is 35.2. The maximum atomic E-state index is 13.6. The van der Waals surface area contributed by atoms with Gasteiger partial charge in [0.1, 0.15) is 0 Å². The van der Waals surface area contributed by atoms with Crippen LogP contribution in [0.2, 0.25) is 0 Å². The van der Waals surface area contributed by atoms with Crippen LogP contribution in [0, 0.1) is 5.92 Å². The molecule has 224 valence electrons. The fourth-order valence-electron chi connectivity index (χ4n) is 4.15. The predicted molar refractivity (Wildman–Crippen MR) is 164 cm³/mol. The number of halogens is 3. The van der Waals surface area contributed by atoms with Crippen molar-refractivity contribution in [2.24, 2.45) is 11.7 Å². The molecule has 1 amide bonds. The third-order valence-corrected chi connectivity index (χ3v) is 6.06. The molecular formula is C32H44F3N5O. The van der Waals surface area contributed by atoms with Gasteiger partial charge in [-0.25, -0.2) is 0 Å². The van der Waals surface area contributed by atoms with E-state index in [1.807, 2.05) is 58.0 Å². The molecule has 7 N–H and O–H groups in total. The van der Waals surface area contributed by atoms with E-state index >= 15 is 0 Å². The first-order valence-corrected chi connectivity index (χ1v) is 13.8. The maximum Gasteiger partial charge on any atom is 0.416 e. The van der Waals surface area contributed by atoms with Gasteiger partial charge in [0, 0.05) is 48.2 Å². The molecule has 6 nitrogen and oxygen atoms in total. The summed E-state index contributed by atoms with van der Waals surface area (Å²) >= 11 is 0. The van der Waals surface area contributed by atoms with E-state index in [0.717, 1.165) is 18.1 Å². The lowest BCUT2D eigenvalue weighted by Crippen LogP contribution is -2.33. The van der Waals surface area contributed by atoms with E-state index in [0.29, 0.717) is 23.6 Å². The average molecular weight is 572 g/mol. The number of amides is 1. The minimum Gasteiger partial charge on any atom is -0.398 e. The zero-order chi connectivity index (χ0) is 30.8. The summed E-state index contributed by atoms with van der Waals surface area (Å²) in [6.07, 6.45) is -2.13. The monoisotopic (exact) mass is 571 g/mol. The molecule has 0 bridgehead atoms. The van der Waals surface area contributed by atoms with Crippen LogP contribution < -0.4 is 27.4 Å². The molecule has 0 radical (unpaired) electrons. The minimum absolute atomic E-state index is 0.0315. The zero-order valence-corrected chi connectivity index (χ0v) is 24.6. The van der Waals surface area contributed by atoms with Gasteiger partial charge in [-0.15, -0.1) is 0 Å². The van der Waals surface area contributed by atoms with Crippen molar-refractivity contribution in [2.45, 2.75) is 52.9 Å². The van der Waals surface area contributed by atoms with Crippen molar-refractivity contribution in [1.82, 2.24) is 10.6 Å². The van der Waals surface area contributed by atoms with E-state index < -0.39 is 17.8 Å². The van der Waals surface area contributed by atoms with Gasteiger partial charge in [0.25, 0.3) is 0 Å². The molecule has 2 unspecified atom stereocenters. The Bertz CT molecular complexity index is 1200. The van der Waals surface area contributed by atoms with Crippen LogP contribution >= 0.6 is 0 Å². The van der Waals surface area contributed by atoms with Crippen molar-refractivity contribution in [2.75, 3.05) is 24.6 Å². The van der Waals surface area contributed by atoms with Crippen LogP contribution in [0.25, 0.3) is 0 Å². The molecule has 0 fully saturated rings. The Kier molecular flexibility index (Phi) is 15.9. The number of para-hydroxylation sites is 2. The van der Waals surface area contributed by atoms with E-state index in [9.17, 15) is 18.0 Å². The summed E-state index contributed by atoms with van der Waals surface area (Å²) in [6, 6.07) is 21.4. The van der Waals surface area contributed by atoms with Gasteiger partial charge < -0.3 is 27.4 Å². The second kappa shape index (κ2) is 18.5. The number of carbonyl (C=O) groups is 1. The molecule has 2 atom stereocenters. The van der Waals surface area contributed by atoms with Gasteiger partial charge in [0.15, 0.2) is 0 Å². The summed E-state index contributed by atoms with van der Waals surface area (Å²) < 4.78 is 40.8. The number of hydrogen-bond acceptors (Lipinski definition) is 5. The lowest BCUT2D eigenvalue weighted by atomic mass is 9.89. The summed E-state index contributed by atoms with van der Waals surface area (Å²) in [5.41, 5.74) is 12.8. The number of anilines is 2. The Labute approximate surface area is 242 Å². The van der Waals surface area contributed by atoms with Crippen molar-refractivity contribution in [3.63, 3.8) is 0 Å². The highest BCUT2D eigenvalue weighted by atomic mass is 19.4. The van der Waals surface area contributed by atoms with E-state index in [1.54, 1.807) is 30.3 Å². The smallest absolute Gasteiger partial charge is 0.398 e. The molecular weight excluding hydrogens is 527 g/mol. The van der Waals surface area contributed by atoms with Crippen LogP contribution in [0.1, 0.15) is 56.8 Å². The van der Waals surface area contributed by atoms with Gasteiger partial charge in [-0.05, 0) is 48.9 Å². The highest BCUT2D eigenvalue weighted by molar-refractivity contribution is 5.99. The number of carbonyl (C=O) groups excluding carboxylic acids is 1. The number of hydrogen-bond donors (Lipinski definition) is 5. The summed E-state index contributed by atoms with van der Waals surface area (Å²) in [7, 11) is 1.50. The quantitative estimate of drug-likeness (QED) is 0.128. The van der Waals surface area contributed by atoms with Crippen LogP contribution in [0.3, 0.4) is 0 Å². The Balaban J connectivity index is 0.00000201. The molecule has 3 rings (SSSR count). The second-order valence-corrected chi connectivity index (χ2v) is 8.81. The Morgan fingerprint density at radius 2 is 1.51 bits per heavy atom.